The van der Waals surface area contributed by atoms with Gasteiger partial charge < -0.3 is 37.2 Å². The van der Waals surface area contributed by atoms with Gasteiger partial charge in [-0.25, -0.2) is 0 Å². The third-order valence-corrected chi connectivity index (χ3v) is 5.90. The van der Waals surface area contributed by atoms with Gasteiger partial charge in [-0.3, -0.25) is 0 Å². The minimum Gasteiger partial charge on any atom is -1.00 e. The van der Waals surface area contributed by atoms with Gasteiger partial charge in [0.05, 0.1) is 0 Å². The smallest absolute Gasteiger partial charge is 1.00 e. The molecule has 0 aromatic heterocycles. The Balaban J connectivity index is 0. The molecule has 0 atom stereocenters. The Labute approximate surface area is 119 Å². The standard InChI is InChI=1S/2C5H5.3ClH.Y/c2*1-2-4-5-3-1;;;;/h2*1-3H,4H2;3*1H;/q;;;;;+3/p-3. The summed E-state index contributed by atoms with van der Waals surface area (Å²) in [6.45, 7) is 0. The van der Waals surface area contributed by atoms with Gasteiger partial charge in [0.15, 0.2) is 0 Å². The molecule has 0 nitrogen and oxygen atoms in total. The third kappa shape index (κ3) is 5.14. The van der Waals surface area contributed by atoms with Crippen LogP contribution in [0.3, 0.4) is 0 Å². The van der Waals surface area contributed by atoms with Gasteiger partial charge in [-0.2, -0.15) is 0 Å². The van der Waals surface area contributed by atoms with Crippen LogP contribution in [0.1, 0.15) is 12.8 Å². The normalized spacial score (nSPS) is 16.6. The van der Waals surface area contributed by atoms with E-state index >= 15 is 0 Å². The summed E-state index contributed by atoms with van der Waals surface area (Å²) in [5.41, 5.74) is 0. The van der Waals surface area contributed by atoms with Crippen LogP contribution in [0.2, 0.25) is 0 Å². The summed E-state index contributed by atoms with van der Waals surface area (Å²) in [7, 11) is 0. The van der Waals surface area contributed by atoms with E-state index in [0.717, 1.165) is 0 Å². The van der Waals surface area contributed by atoms with Gasteiger partial charge in [0.2, 0.25) is 0 Å². The maximum Gasteiger partial charge on any atom is -1.00 e. The minimum atomic E-state index is -0.487. The van der Waals surface area contributed by atoms with Crippen LogP contribution in [0.15, 0.2) is 41.2 Å². The molecule has 0 saturated heterocycles. The van der Waals surface area contributed by atoms with E-state index in [-0.39, 0.29) is 37.2 Å². The van der Waals surface area contributed by atoms with Crippen molar-refractivity contribution in [1.29, 1.82) is 0 Å². The first-order valence-corrected chi connectivity index (χ1v) is 6.85. The molecule has 14 heavy (non-hydrogen) atoms. The van der Waals surface area contributed by atoms with Gasteiger partial charge in [-0.1, -0.05) is 0 Å². The van der Waals surface area contributed by atoms with Crippen molar-refractivity contribution < 1.29 is 66.4 Å². The first-order chi connectivity index (χ1) is 5.45. The summed E-state index contributed by atoms with van der Waals surface area (Å²) < 4.78 is 3.49. The molecule has 0 saturated carbocycles. The number of halogens is 3. The fourth-order valence-electron chi connectivity index (χ4n) is 1.38. The second-order valence-electron chi connectivity index (χ2n) is 2.89. The van der Waals surface area contributed by atoms with Crippen molar-refractivity contribution in [1.82, 2.24) is 0 Å². The molecule has 0 heterocycles. The molecule has 0 aromatic carbocycles. The third-order valence-electron chi connectivity index (χ3n) is 1.97. The fourth-order valence-corrected chi connectivity index (χ4v) is 4.82. The van der Waals surface area contributed by atoms with Crippen LogP contribution in [0, 0.1) is 0 Å². The zero-order valence-electron chi connectivity index (χ0n) is 7.59. The van der Waals surface area contributed by atoms with Gasteiger partial charge in [0, 0.05) is 0 Å². The molecule has 0 amide bonds. The Hall–Kier alpha value is 0.934. The first kappa shape index (κ1) is 17.3. The maximum absolute atomic E-state index is 2.32. The number of rotatable bonds is 2. The topological polar surface area (TPSA) is 0 Å². The Morgan fingerprint density at radius 1 is 0.786 bits per heavy atom. The molecule has 2 aliphatic carbocycles. The van der Waals surface area contributed by atoms with E-state index in [1.165, 1.54) is 12.8 Å². The first-order valence-electron chi connectivity index (χ1n) is 4.01. The minimum absolute atomic E-state index is 0. The summed E-state index contributed by atoms with van der Waals surface area (Å²) in [6.07, 6.45) is 16.1. The zero-order valence-corrected chi connectivity index (χ0v) is 12.7. The zero-order chi connectivity index (χ0) is 7.52. The Bertz CT molecular complexity index is 249. The molecule has 74 valence electrons. The maximum atomic E-state index is 2.32. The van der Waals surface area contributed by atoms with E-state index in [9.17, 15) is 0 Å². The molecular weight excluding hydrogens is 315 g/mol. The van der Waals surface area contributed by atoms with E-state index < -0.39 is 29.2 Å². The monoisotopic (exact) mass is 324 g/mol. The Kier molecular flexibility index (Phi) is 11.4. The Morgan fingerprint density at radius 2 is 1.21 bits per heavy atom. The molecular formula is C10H10Cl3Y. The molecule has 4 heteroatoms. The van der Waals surface area contributed by atoms with Crippen LogP contribution >= 0.6 is 0 Å². The van der Waals surface area contributed by atoms with Gasteiger partial charge >= 0.3 is 83.3 Å². The van der Waals surface area contributed by atoms with Crippen LogP contribution in [-0.2, 0) is 29.2 Å². The number of hydrogen-bond acceptors (Lipinski definition) is 0. The van der Waals surface area contributed by atoms with Crippen LogP contribution in [0.25, 0.3) is 0 Å². The van der Waals surface area contributed by atoms with Crippen LogP contribution < -0.4 is 37.2 Å². The van der Waals surface area contributed by atoms with Gasteiger partial charge in [0.25, 0.3) is 0 Å². The van der Waals surface area contributed by atoms with Gasteiger partial charge in [-0.15, -0.1) is 0 Å². The summed E-state index contributed by atoms with van der Waals surface area (Å²) in [5.74, 6) is 0. The van der Waals surface area contributed by atoms with E-state index in [1.807, 2.05) is 0 Å². The molecule has 0 aromatic rings. The van der Waals surface area contributed by atoms with Gasteiger partial charge in [0.1, 0.15) is 0 Å². The van der Waals surface area contributed by atoms with Crippen LogP contribution in [-0.4, -0.2) is 0 Å². The Morgan fingerprint density at radius 3 is 1.50 bits per heavy atom. The number of hydrogen-bond donors (Lipinski definition) is 0. The van der Waals surface area contributed by atoms with Crippen LogP contribution in [0.4, 0.5) is 0 Å². The van der Waals surface area contributed by atoms with Crippen molar-refractivity contribution in [2.24, 2.45) is 0 Å². The molecule has 0 aliphatic heterocycles. The van der Waals surface area contributed by atoms with Crippen molar-refractivity contribution in [3.8, 4) is 0 Å². The molecule has 0 radical (unpaired) electrons. The van der Waals surface area contributed by atoms with E-state index in [0.29, 0.717) is 0 Å². The van der Waals surface area contributed by atoms with Crippen molar-refractivity contribution in [2.75, 3.05) is 0 Å². The summed E-state index contributed by atoms with van der Waals surface area (Å²) >= 11 is -0.487. The van der Waals surface area contributed by atoms with Crippen molar-refractivity contribution in [3.63, 3.8) is 0 Å². The van der Waals surface area contributed by atoms with Crippen LogP contribution in [0.5, 0.6) is 0 Å². The van der Waals surface area contributed by atoms with Crippen molar-refractivity contribution >= 4 is 0 Å². The second kappa shape index (κ2) is 9.18. The summed E-state index contributed by atoms with van der Waals surface area (Å²) in [4.78, 5) is 0. The molecule has 0 unspecified atom stereocenters. The number of allylic oxidation sites excluding steroid dienone is 8. The molecule has 0 N–H and O–H groups in total. The molecule has 0 spiro atoms. The summed E-state index contributed by atoms with van der Waals surface area (Å²) in [5, 5.41) is 0. The summed E-state index contributed by atoms with van der Waals surface area (Å²) in [6, 6.07) is 0. The molecule has 2 rings (SSSR count). The molecule has 2 aliphatic rings. The largest absolute Gasteiger partial charge is 1.00 e. The fraction of sp³-hybridized carbons (Fsp3) is 0.200. The van der Waals surface area contributed by atoms with E-state index in [1.54, 1.807) is 4.77 Å². The van der Waals surface area contributed by atoms with Crippen molar-refractivity contribution in [2.45, 2.75) is 12.8 Å². The quantitative estimate of drug-likeness (QED) is 0.474. The van der Waals surface area contributed by atoms with E-state index in [4.69, 9.17) is 0 Å². The average molecular weight is 325 g/mol. The SMILES string of the molecule is C1=CC[C]([Y+3][C]2=CC=CC2)=C1.[Cl-].[Cl-].[Cl-]. The van der Waals surface area contributed by atoms with Gasteiger partial charge in [-0.05, 0) is 0 Å². The molecule has 0 fully saturated rings. The predicted octanol–water partition coefficient (Wildman–Crippen LogP) is -6.23. The average Bonchev–Trinajstić information content (AvgIpc) is 2.60. The predicted molar refractivity (Wildman–Crippen MR) is 43.7 cm³/mol. The van der Waals surface area contributed by atoms with Crippen molar-refractivity contribution in [3.05, 3.63) is 41.2 Å². The second-order valence-corrected chi connectivity index (χ2v) is 7.25. The molecule has 0 bridgehead atoms. The van der Waals surface area contributed by atoms with E-state index in [2.05, 4.69) is 36.5 Å².